The molecule has 3 unspecified atom stereocenters. The fourth-order valence-corrected chi connectivity index (χ4v) is 3.13. The zero-order chi connectivity index (χ0) is 14.7. The third-order valence-electron chi connectivity index (χ3n) is 4.44. The maximum absolute atomic E-state index is 12.5. The second-order valence-electron chi connectivity index (χ2n) is 5.95. The van der Waals surface area contributed by atoms with E-state index in [0.717, 1.165) is 19.4 Å². The molecule has 2 aliphatic heterocycles. The fraction of sp³-hybridized carbons (Fsp3) is 0.857. The van der Waals surface area contributed by atoms with Gasteiger partial charge in [-0.15, -0.1) is 0 Å². The molecule has 0 spiro atoms. The van der Waals surface area contributed by atoms with Gasteiger partial charge in [0.05, 0.1) is 12.5 Å². The smallest absolute Gasteiger partial charge is 0.320 e. The average molecular weight is 284 g/mol. The molecule has 0 aromatic heterocycles. The molecule has 2 saturated heterocycles. The van der Waals surface area contributed by atoms with Gasteiger partial charge in [-0.25, -0.2) is 4.79 Å². The zero-order valence-corrected chi connectivity index (χ0v) is 12.2. The Bertz CT molecular complexity index is 374. The second kappa shape index (κ2) is 6.43. The molecule has 0 saturated carbocycles. The lowest BCUT2D eigenvalue weighted by atomic mass is 9.94. The van der Waals surface area contributed by atoms with Crippen LogP contribution in [0.1, 0.15) is 26.2 Å². The highest BCUT2D eigenvalue weighted by atomic mass is 16.5. The summed E-state index contributed by atoms with van der Waals surface area (Å²) < 4.78 is 5.14. The molecule has 20 heavy (non-hydrogen) atoms. The van der Waals surface area contributed by atoms with Gasteiger partial charge in [-0.1, -0.05) is 0 Å². The standard InChI is InChI=1S/C14H24N2O4/c1-10-3-4-12(13(17)18)8-16(10)14(19)15-6-5-11(7-15)9-20-2/h10-12H,3-9H2,1-2H3,(H,17,18). The molecule has 0 aromatic rings. The summed E-state index contributed by atoms with van der Waals surface area (Å²) >= 11 is 0. The number of methoxy groups -OCH3 is 1. The van der Waals surface area contributed by atoms with Crippen LogP contribution in [0.5, 0.6) is 0 Å². The molecule has 6 nitrogen and oxygen atoms in total. The minimum absolute atomic E-state index is 0.0120. The predicted octanol–water partition coefficient (Wildman–Crippen LogP) is 1.26. The van der Waals surface area contributed by atoms with E-state index in [0.29, 0.717) is 32.0 Å². The Kier molecular flexibility index (Phi) is 4.86. The zero-order valence-electron chi connectivity index (χ0n) is 12.2. The molecule has 2 heterocycles. The second-order valence-corrected chi connectivity index (χ2v) is 5.95. The molecule has 2 amide bonds. The van der Waals surface area contributed by atoms with Crippen LogP contribution in [-0.2, 0) is 9.53 Å². The Balaban J connectivity index is 1.95. The number of hydrogen-bond donors (Lipinski definition) is 1. The van der Waals surface area contributed by atoms with Gasteiger partial charge in [0, 0.05) is 38.7 Å². The lowest BCUT2D eigenvalue weighted by molar-refractivity contribution is -0.143. The largest absolute Gasteiger partial charge is 0.481 e. The maximum Gasteiger partial charge on any atom is 0.320 e. The highest BCUT2D eigenvalue weighted by Crippen LogP contribution is 2.25. The molecule has 1 N–H and O–H groups in total. The Morgan fingerprint density at radius 3 is 2.65 bits per heavy atom. The van der Waals surface area contributed by atoms with Crippen LogP contribution in [0.3, 0.4) is 0 Å². The van der Waals surface area contributed by atoms with Gasteiger partial charge < -0.3 is 19.6 Å². The van der Waals surface area contributed by atoms with Crippen molar-refractivity contribution in [2.24, 2.45) is 11.8 Å². The topological polar surface area (TPSA) is 70.1 Å². The van der Waals surface area contributed by atoms with Crippen molar-refractivity contribution in [2.75, 3.05) is 33.4 Å². The number of carboxylic acids is 1. The summed E-state index contributed by atoms with van der Waals surface area (Å²) in [6, 6.07) is 0.113. The lowest BCUT2D eigenvalue weighted by Crippen LogP contribution is -2.52. The minimum atomic E-state index is -0.798. The van der Waals surface area contributed by atoms with Gasteiger partial charge in [0.2, 0.25) is 0 Å². The van der Waals surface area contributed by atoms with Crippen molar-refractivity contribution in [2.45, 2.75) is 32.2 Å². The molecule has 2 fully saturated rings. The molecule has 0 radical (unpaired) electrons. The number of ether oxygens (including phenoxy) is 1. The van der Waals surface area contributed by atoms with E-state index in [1.807, 2.05) is 11.8 Å². The van der Waals surface area contributed by atoms with Crippen LogP contribution >= 0.6 is 0 Å². The van der Waals surface area contributed by atoms with Gasteiger partial charge in [-0.2, -0.15) is 0 Å². The van der Waals surface area contributed by atoms with E-state index in [4.69, 9.17) is 9.84 Å². The lowest BCUT2D eigenvalue weighted by Gasteiger charge is -2.38. The molecule has 3 atom stereocenters. The SMILES string of the molecule is COCC1CCN(C(=O)N2CC(C(=O)O)CCC2C)C1. The van der Waals surface area contributed by atoms with Crippen molar-refractivity contribution in [3.8, 4) is 0 Å². The molecule has 0 bridgehead atoms. The number of carbonyl (C=O) groups excluding carboxylic acids is 1. The molecular formula is C14H24N2O4. The number of nitrogens with zero attached hydrogens (tertiary/aromatic N) is 2. The number of aliphatic carboxylic acids is 1. The van der Waals surface area contributed by atoms with E-state index in [9.17, 15) is 9.59 Å². The Morgan fingerprint density at radius 2 is 2.00 bits per heavy atom. The molecular weight excluding hydrogens is 260 g/mol. The normalized spacial score (nSPS) is 30.6. The quantitative estimate of drug-likeness (QED) is 0.847. The molecule has 2 aliphatic rings. The van der Waals surface area contributed by atoms with Crippen molar-refractivity contribution in [3.05, 3.63) is 0 Å². The van der Waals surface area contributed by atoms with Crippen LogP contribution in [0.25, 0.3) is 0 Å². The summed E-state index contributed by atoms with van der Waals surface area (Å²) in [5.41, 5.74) is 0. The summed E-state index contributed by atoms with van der Waals surface area (Å²) in [6.07, 6.45) is 2.38. The fourth-order valence-electron chi connectivity index (χ4n) is 3.13. The van der Waals surface area contributed by atoms with Gasteiger partial charge >= 0.3 is 12.0 Å². The van der Waals surface area contributed by atoms with E-state index in [1.165, 1.54) is 0 Å². The van der Waals surface area contributed by atoms with Gasteiger partial charge in [-0.05, 0) is 26.2 Å². The van der Waals surface area contributed by atoms with E-state index >= 15 is 0 Å². The number of hydrogen-bond acceptors (Lipinski definition) is 3. The number of carboxylic acid groups (broad SMARTS) is 1. The van der Waals surface area contributed by atoms with Gasteiger partial charge in [0.25, 0.3) is 0 Å². The Morgan fingerprint density at radius 1 is 1.25 bits per heavy atom. The number of likely N-dealkylation sites (tertiary alicyclic amines) is 2. The third kappa shape index (κ3) is 3.23. The summed E-state index contributed by atoms with van der Waals surface area (Å²) in [7, 11) is 1.68. The first-order valence-electron chi connectivity index (χ1n) is 7.30. The van der Waals surface area contributed by atoms with Crippen LogP contribution in [0.15, 0.2) is 0 Å². The summed E-state index contributed by atoms with van der Waals surface area (Å²) in [5, 5.41) is 9.13. The molecule has 0 aliphatic carbocycles. The van der Waals surface area contributed by atoms with Crippen molar-refractivity contribution < 1.29 is 19.4 Å². The van der Waals surface area contributed by atoms with Crippen LogP contribution in [0.2, 0.25) is 0 Å². The molecule has 114 valence electrons. The first kappa shape index (κ1) is 15.1. The summed E-state index contributed by atoms with van der Waals surface area (Å²) in [6.45, 7) is 4.47. The van der Waals surface area contributed by atoms with E-state index in [1.54, 1.807) is 12.0 Å². The van der Waals surface area contributed by atoms with Crippen molar-refractivity contribution in [3.63, 3.8) is 0 Å². The molecule has 6 heteroatoms. The number of amides is 2. The first-order chi connectivity index (χ1) is 9.52. The predicted molar refractivity (Wildman–Crippen MR) is 73.5 cm³/mol. The number of urea groups is 1. The van der Waals surface area contributed by atoms with Crippen LogP contribution < -0.4 is 0 Å². The third-order valence-corrected chi connectivity index (χ3v) is 4.44. The van der Waals surface area contributed by atoms with E-state index in [-0.39, 0.29) is 12.1 Å². The van der Waals surface area contributed by atoms with Crippen molar-refractivity contribution in [1.82, 2.24) is 9.80 Å². The van der Waals surface area contributed by atoms with E-state index < -0.39 is 11.9 Å². The van der Waals surface area contributed by atoms with E-state index in [2.05, 4.69) is 0 Å². The van der Waals surface area contributed by atoms with Crippen molar-refractivity contribution in [1.29, 1.82) is 0 Å². The van der Waals surface area contributed by atoms with Gasteiger partial charge in [-0.3, -0.25) is 4.79 Å². The number of rotatable bonds is 3. The average Bonchev–Trinajstić information content (AvgIpc) is 2.87. The number of carbonyl (C=O) groups is 2. The molecule has 2 rings (SSSR count). The van der Waals surface area contributed by atoms with Crippen molar-refractivity contribution >= 4 is 12.0 Å². The Labute approximate surface area is 119 Å². The number of piperidine rings is 1. The summed E-state index contributed by atoms with van der Waals surface area (Å²) in [5.74, 6) is -0.819. The van der Waals surface area contributed by atoms with Gasteiger partial charge in [0.1, 0.15) is 0 Å². The molecule has 0 aromatic carbocycles. The first-order valence-corrected chi connectivity index (χ1v) is 7.30. The van der Waals surface area contributed by atoms with Crippen LogP contribution in [0, 0.1) is 11.8 Å². The Hall–Kier alpha value is -1.30. The highest BCUT2D eigenvalue weighted by Gasteiger charge is 2.36. The van der Waals surface area contributed by atoms with Gasteiger partial charge in [0.15, 0.2) is 0 Å². The maximum atomic E-state index is 12.5. The van der Waals surface area contributed by atoms with Crippen LogP contribution in [-0.4, -0.2) is 66.3 Å². The highest BCUT2D eigenvalue weighted by molar-refractivity contribution is 5.77. The monoisotopic (exact) mass is 284 g/mol. The minimum Gasteiger partial charge on any atom is -0.481 e. The van der Waals surface area contributed by atoms with Crippen LogP contribution in [0.4, 0.5) is 4.79 Å². The summed E-state index contributed by atoms with van der Waals surface area (Å²) in [4.78, 5) is 27.2.